The average Bonchev–Trinajstić information content (AvgIpc) is 2.18. The normalized spacial score (nSPS) is 11.1. The Morgan fingerprint density at radius 2 is 2.27 bits per heavy atom. The lowest BCUT2D eigenvalue weighted by Crippen LogP contribution is -2.38. The van der Waals surface area contributed by atoms with Gasteiger partial charge in [-0.1, -0.05) is 0 Å². The Labute approximate surface area is 86.7 Å². The minimum absolute atomic E-state index is 0.166. The molecule has 0 aliphatic rings. The van der Waals surface area contributed by atoms with Crippen molar-refractivity contribution in [1.29, 1.82) is 0 Å². The van der Waals surface area contributed by atoms with E-state index in [1.807, 2.05) is 0 Å². The first-order valence-electron chi connectivity index (χ1n) is 4.39. The lowest BCUT2D eigenvalue weighted by Gasteiger charge is -2.20. The van der Waals surface area contributed by atoms with Crippen LogP contribution in [0, 0.1) is 0 Å². The first-order valence-corrected chi connectivity index (χ1v) is 4.39. The van der Waals surface area contributed by atoms with Crippen LogP contribution in [0.4, 0.5) is 4.39 Å². The zero-order chi connectivity index (χ0) is 11.5. The maximum absolute atomic E-state index is 12.1. The maximum Gasteiger partial charge on any atom is 0.347 e. The van der Waals surface area contributed by atoms with Crippen molar-refractivity contribution in [3.8, 4) is 5.88 Å². The van der Waals surface area contributed by atoms with Crippen molar-refractivity contribution in [2.75, 3.05) is 0 Å². The van der Waals surface area contributed by atoms with Crippen LogP contribution < -0.4 is 4.74 Å². The minimum Gasteiger partial charge on any atom is -0.478 e. The molecular formula is C10H12FNO3. The standard InChI is InChI=1S/C10H12FNO3/c1-10(2,9(13)14)15-8-4-3-7(5-11)6-12-8/h3-4,6H,5H2,1-2H3,(H,13,14). The number of aliphatic carboxylic acids is 1. The molecule has 0 fully saturated rings. The smallest absolute Gasteiger partial charge is 0.347 e. The molecule has 0 saturated heterocycles. The van der Waals surface area contributed by atoms with Crippen LogP contribution in [-0.4, -0.2) is 21.7 Å². The van der Waals surface area contributed by atoms with E-state index in [9.17, 15) is 9.18 Å². The Hall–Kier alpha value is -1.65. The summed E-state index contributed by atoms with van der Waals surface area (Å²) in [5.41, 5.74) is -0.917. The molecule has 15 heavy (non-hydrogen) atoms. The highest BCUT2D eigenvalue weighted by atomic mass is 19.1. The molecule has 0 amide bonds. The first-order chi connectivity index (χ1) is 6.95. The molecule has 1 aromatic heterocycles. The third kappa shape index (κ3) is 2.90. The zero-order valence-electron chi connectivity index (χ0n) is 8.53. The van der Waals surface area contributed by atoms with E-state index in [4.69, 9.17) is 9.84 Å². The van der Waals surface area contributed by atoms with Crippen LogP contribution in [0.15, 0.2) is 18.3 Å². The molecular weight excluding hydrogens is 201 g/mol. The minimum atomic E-state index is -1.34. The summed E-state index contributed by atoms with van der Waals surface area (Å²) >= 11 is 0. The molecule has 0 unspecified atom stereocenters. The highest BCUT2D eigenvalue weighted by Gasteiger charge is 2.29. The molecule has 1 N–H and O–H groups in total. The molecule has 0 atom stereocenters. The maximum atomic E-state index is 12.1. The van der Waals surface area contributed by atoms with Gasteiger partial charge in [-0.3, -0.25) is 0 Å². The topological polar surface area (TPSA) is 59.4 Å². The van der Waals surface area contributed by atoms with E-state index >= 15 is 0 Å². The van der Waals surface area contributed by atoms with Crippen LogP contribution >= 0.6 is 0 Å². The lowest BCUT2D eigenvalue weighted by molar-refractivity contribution is -0.152. The van der Waals surface area contributed by atoms with E-state index in [0.717, 1.165) is 0 Å². The van der Waals surface area contributed by atoms with Crippen LogP contribution in [-0.2, 0) is 11.5 Å². The summed E-state index contributed by atoms with van der Waals surface area (Å²) in [7, 11) is 0. The number of rotatable bonds is 4. The van der Waals surface area contributed by atoms with E-state index in [1.165, 1.54) is 32.2 Å². The molecule has 0 aromatic carbocycles. The van der Waals surface area contributed by atoms with Crippen LogP contribution in [0.2, 0.25) is 0 Å². The first kappa shape index (κ1) is 11.4. The lowest BCUT2D eigenvalue weighted by atomic mass is 10.1. The molecule has 82 valence electrons. The number of pyridine rings is 1. The van der Waals surface area contributed by atoms with Gasteiger partial charge in [0.15, 0.2) is 0 Å². The molecule has 5 heteroatoms. The summed E-state index contributed by atoms with van der Waals surface area (Å²) in [5, 5.41) is 8.79. The molecule has 0 aliphatic carbocycles. The molecule has 0 saturated carbocycles. The second-order valence-electron chi connectivity index (χ2n) is 3.56. The summed E-state index contributed by atoms with van der Waals surface area (Å²) in [6.07, 6.45) is 1.31. The second-order valence-corrected chi connectivity index (χ2v) is 3.56. The molecule has 0 aliphatic heterocycles. The Morgan fingerprint density at radius 1 is 1.60 bits per heavy atom. The van der Waals surface area contributed by atoms with Gasteiger partial charge in [0.05, 0.1) is 0 Å². The van der Waals surface area contributed by atoms with Crippen LogP contribution in [0.3, 0.4) is 0 Å². The van der Waals surface area contributed by atoms with Gasteiger partial charge in [-0.05, 0) is 19.9 Å². The van der Waals surface area contributed by atoms with E-state index < -0.39 is 18.2 Å². The number of aromatic nitrogens is 1. The van der Waals surface area contributed by atoms with E-state index in [0.29, 0.717) is 5.56 Å². The van der Waals surface area contributed by atoms with Gasteiger partial charge in [0.2, 0.25) is 11.5 Å². The third-order valence-electron chi connectivity index (χ3n) is 1.83. The number of hydrogen-bond donors (Lipinski definition) is 1. The van der Waals surface area contributed by atoms with Crippen molar-refractivity contribution in [2.24, 2.45) is 0 Å². The van der Waals surface area contributed by atoms with Gasteiger partial charge >= 0.3 is 5.97 Å². The number of ether oxygens (including phenoxy) is 1. The molecule has 1 heterocycles. The summed E-state index contributed by atoms with van der Waals surface area (Å²) in [4.78, 5) is 14.5. The molecule has 1 rings (SSSR count). The predicted octanol–water partition coefficient (Wildman–Crippen LogP) is 1.79. The van der Waals surface area contributed by atoms with Crippen molar-refractivity contribution in [3.05, 3.63) is 23.9 Å². The van der Waals surface area contributed by atoms with Crippen molar-refractivity contribution < 1.29 is 19.0 Å². The SMILES string of the molecule is CC(C)(Oc1ccc(CF)cn1)C(=O)O. The predicted molar refractivity (Wildman–Crippen MR) is 51.4 cm³/mol. The van der Waals surface area contributed by atoms with E-state index in [1.54, 1.807) is 0 Å². The van der Waals surface area contributed by atoms with Crippen molar-refractivity contribution in [1.82, 2.24) is 4.98 Å². The number of carbonyl (C=O) groups is 1. The van der Waals surface area contributed by atoms with Crippen molar-refractivity contribution >= 4 is 5.97 Å². The third-order valence-corrected chi connectivity index (χ3v) is 1.83. The monoisotopic (exact) mass is 213 g/mol. The molecule has 0 spiro atoms. The van der Waals surface area contributed by atoms with Crippen LogP contribution in [0.5, 0.6) is 5.88 Å². The zero-order valence-corrected chi connectivity index (χ0v) is 8.53. The van der Waals surface area contributed by atoms with Gasteiger partial charge < -0.3 is 9.84 Å². The van der Waals surface area contributed by atoms with Gasteiger partial charge in [-0.15, -0.1) is 0 Å². The Balaban J connectivity index is 2.77. The van der Waals surface area contributed by atoms with Gasteiger partial charge in [0, 0.05) is 17.8 Å². The van der Waals surface area contributed by atoms with E-state index in [-0.39, 0.29) is 5.88 Å². The number of nitrogens with zero attached hydrogens (tertiary/aromatic N) is 1. The molecule has 0 radical (unpaired) electrons. The fraction of sp³-hybridized carbons (Fsp3) is 0.400. The summed E-state index contributed by atoms with van der Waals surface area (Å²) in [6, 6.07) is 2.94. The number of carboxylic acid groups (broad SMARTS) is 1. The van der Waals surface area contributed by atoms with Crippen LogP contribution in [0.25, 0.3) is 0 Å². The number of alkyl halides is 1. The summed E-state index contributed by atoms with van der Waals surface area (Å²) in [5.74, 6) is -0.918. The van der Waals surface area contributed by atoms with Gasteiger partial charge in [0.1, 0.15) is 6.67 Å². The fourth-order valence-corrected chi connectivity index (χ4v) is 0.855. The highest BCUT2D eigenvalue weighted by molar-refractivity contribution is 5.76. The average molecular weight is 213 g/mol. The number of carboxylic acids is 1. The van der Waals surface area contributed by atoms with Crippen molar-refractivity contribution in [2.45, 2.75) is 26.1 Å². The van der Waals surface area contributed by atoms with E-state index in [2.05, 4.69) is 4.98 Å². The van der Waals surface area contributed by atoms with Gasteiger partial charge in [-0.2, -0.15) is 0 Å². The second kappa shape index (κ2) is 4.25. The van der Waals surface area contributed by atoms with Gasteiger partial charge in [-0.25, -0.2) is 14.2 Å². The van der Waals surface area contributed by atoms with Gasteiger partial charge in [0.25, 0.3) is 0 Å². The highest BCUT2D eigenvalue weighted by Crippen LogP contribution is 2.16. The summed E-state index contributed by atoms with van der Waals surface area (Å²) < 4.78 is 17.3. The fourth-order valence-electron chi connectivity index (χ4n) is 0.855. The van der Waals surface area contributed by atoms with Crippen LogP contribution in [0.1, 0.15) is 19.4 Å². The largest absolute Gasteiger partial charge is 0.478 e. The molecule has 1 aromatic rings. The number of hydrogen-bond acceptors (Lipinski definition) is 3. The summed E-state index contributed by atoms with van der Waals surface area (Å²) in [6.45, 7) is 2.23. The Kier molecular flexibility index (Phi) is 3.24. The Morgan fingerprint density at radius 3 is 2.67 bits per heavy atom. The Bertz CT molecular complexity index is 348. The van der Waals surface area contributed by atoms with Crippen molar-refractivity contribution in [3.63, 3.8) is 0 Å². The molecule has 4 nitrogen and oxygen atoms in total. The number of halogens is 1. The quantitative estimate of drug-likeness (QED) is 0.828. The molecule has 0 bridgehead atoms.